The largest absolute Gasteiger partial charge is 0.494 e. The lowest BCUT2D eigenvalue weighted by Gasteiger charge is -2.14. The summed E-state index contributed by atoms with van der Waals surface area (Å²) in [4.78, 5) is 30.2. The van der Waals surface area contributed by atoms with Crippen LogP contribution in [0.2, 0.25) is 0 Å². The van der Waals surface area contributed by atoms with E-state index >= 15 is 0 Å². The Morgan fingerprint density at radius 2 is 1.72 bits per heavy atom. The van der Waals surface area contributed by atoms with Gasteiger partial charge in [-0.25, -0.2) is 0 Å². The molecule has 25 heavy (non-hydrogen) atoms. The molecule has 128 valence electrons. The first-order chi connectivity index (χ1) is 12.1. The molecule has 5 nitrogen and oxygen atoms in total. The van der Waals surface area contributed by atoms with E-state index in [1.165, 1.54) is 0 Å². The minimum absolute atomic E-state index is 0.0544. The minimum Gasteiger partial charge on any atom is -0.494 e. The van der Waals surface area contributed by atoms with Crippen molar-refractivity contribution in [2.75, 3.05) is 6.61 Å². The number of halogens is 1. The Hall–Kier alpha value is -2.66. The van der Waals surface area contributed by atoms with E-state index in [0.717, 1.165) is 16.9 Å². The van der Waals surface area contributed by atoms with E-state index in [-0.39, 0.29) is 17.2 Å². The van der Waals surface area contributed by atoms with E-state index in [2.05, 4.69) is 4.98 Å². The minimum atomic E-state index is -0.482. The van der Waals surface area contributed by atoms with Gasteiger partial charge in [0, 0.05) is 12.4 Å². The van der Waals surface area contributed by atoms with E-state index in [1.807, 2.05) is 6.92 Å². The number of carbonyl (C=O) groups excluding carboxylic acids is 2. The summed E-state index contributed by atoms with van der Waals surface area (Å²) in [7, 11) is 0. The number of nitrogens with zero attached hydrogens (tertiary/aromatic N) is 2. The second-order valence-corrected chi connectivity index (χ2v) is 5.99. The molecule has 2 amide bonds. The van der Waals surface area contributed by atoms with E-state index < -0.39 is 11.8 Å². The van der Waals surface area contributed by atoms with Gasteiger partial charge in [-0.1, -0.05) is 30.7 Å². The van der Waals surface area contributed by atoms with Gasteiger partial charge < -0.3 is 4.74 Å². The first-order valence-electron chi connectivity index (χ1n) is 8.00. The van der Waals surface area contributed by atoms with Crippen molar-refractivity contribution in [1.29, 1.82) is 0 Å². The molecular weight excluding hydrogens is 340 g/mol. The maximum absolute atomic E-state index is 12.7. The third-order valence-corrected chi connectivity index (χ3v) is 4.17. The number of rotatable bonds is 6. The molecule has 1 aromatic heterocycles. The molecule has 1 aliphatic rings. The number of imide groups is 1. The standard InChI is InChI=1S/C19H17ClN2O3/c1-2-11-25-15-5-3-14(4-6-15)16-17(20)19(24)22(18(16)23)12-13-7-9-21-10-8-13/h3-10H,2,11-12H2,1H3. The molecule has 1 aromatic carbocycles. The molecule has 0 saturated carbocycles. The van der Waals surface area contributed by atoms with E-state index in [0.29, 0.717) is 17.9 Å². The Labute approximate surface area is 150 Å². The Morgan fingerprint density at radius 1 is 1.04 bits per heavy atom. The van der Waals surface area contributed by atoms with Crippen molar-refractivity contribution in [2.45, 2.75) is 19.9 Å². The number of hydrogen-bond acceptors (Lipinski definition) is 4. The van der Waals surface area contributed by atoms with Gasteiger partial charge in [-0.05, 0) is 41.8 Å². The number of benzene rings is 1. The fourth-order valence-electron chi connectivity index (χ4n) is 2.55. The number of carbonyl (C=O) groups is 2. The molecule has 0 bridgehead atoms. The average molecular weight is 357 g/mol. The van der Waals surface area contributed by atoms with Crippen LogP contribution in [0.3, 0.4) is 0 Å². The molecule has 6 heteroatoms. The monoisotopic (exact) mass is 356 g/mol. The zero-order valence-electron chi connectivity index (χ0n) is 13.7. The van der Waals surface area contributed by atoms with Crippen LogP contribution in [-0.2, 0) is 16.1 Å². The molecule has 0 N–H and O–H groups in total. The van der Waals surface area contributed by atoms with Crippen molar-refractivity contribution < 1.29 is 14.3 Å². The predicted molar refractivity (Wildman–Crippen MR) is 94.8 cm³/mol. The Bertz CT molecular complexity index is 816. The van der Waals surface area contributed by atoms with Gasteiger partial charge in [-0.2, -0.15) is 0 Å². The number of amides is 2. The smallest absolute Gasteiger partial charge is 0.273 e. The first kappa shape index (κ1) is 17.2. The zero-order valence-corrected chi connectivity index (χ0v) is 14.5. The third kappa shape index (κ3) is 3.56. The van der Waals surface area contributed by atoms with Crippen molar-refractivity contribution in [2.24, 2.45) is 0 Å². The molecule has 0 fully saturated rings. The third-order valence-electron chi connectivity index (χ3n) is 3.82. The van der Waals surface area contributed by atoms with Crippen LogP contribution in [0, 0.1) is 0 Å². The molecular formula is C19H17ClN2O3. The van der Waals surface area contributed by atoms with Gasteiger partial charge in [-0.3, -0.25) is 19.5 Å². The topological polar surface area (TPSA) is 59.5 Å². The maximum atomic E-state index is 12.7. The van der Waals surface area contributed by atoms with Crippen molar-refractivity contribution in [1.82, 2.24) is 9.88 Å². The van der Waals surface area contributed by atoms with Gasteiger partial charge >= 0.3 is 0 Å². The number of aromatic nitrogens is 1. The second kappa shape index (κ2) is 7.49. The fourth-order valence-corrected chi connectivity index (χ4v) is 2.84. The summed E-state index contributed by atoms with van der Waals surface area (Å²) in [6, 6.07) is 10.5. The Balaban J connectivity index is 1.82. The summed E-state index contributed by atoms with van der Waals surface area (Å²) >= 11 is 6.17. The Kier molecular flexibility index (Phi) is 5.14. The van der Waals surface area contributed by atoms with Crippen LogP contribution in [0.15, 0.2) is 53.8 Å². The highest BCUT2D eigenvalue weighted by molar-refractivity contribution is 6.55. The lowest BCUT2D eigenvalue weighted by Crippen LogP contribution is -2.30. The molecule has 0 saturated heterocycles. The van der Waals surface area contributed by atoms with Gasteiger partial charge in [0.1, 0.15) is 10.8 Å². The molecule has 0 unspecified atom stereocenters. The lowest BCUT2D eigenvalue weighted by atomic mass is 10.1. The molecule has 0 radical (unpaired) electrons. The summed E-state index contributed by atoms with van der Waals surface area (Å²) in [5.74, 6) is -0.161. The van der Waals surface area contributed by atoms with Crippen LogP contribution in [0.4, 0.5) is 0 Å². The second-order valence-electron chi connectivity index (χ2n) is 5.61. The molecule has 3 rings (SSSR count). The quantitative estimate of drug-likeness (QED) is 0.744. The number of pyridine rings is 1. The van der Waals surface area contributed by atoms with Crippen molar-refractivity contribution >= 4 is 29.0 Å². The number of ether oxygens (including phenoxy) is 1. The van der Waals surface area contributed by atoms with E-state index in [1.54, 1.807) is 48.8 Å². The Morgan fingerprint density at radius 3 is 2.36 bits per heavy atom. The maximum Gasteiger partial charge on any atom is 0.273 e. The molecule has 2 aromatic rings. The number of hydrogen-bond donors (Lipinski definition) is 0. The fraction of sp³-hybridized carbons (Fsp3) is 0.211. The van der Waals surface area contributed by atoms with Gasteiger partial charge in [0.05, 0.1) is 18.7 Å². The predicted octanol–water partition coefficient (Wildman–Crippen LogP) is 3.39. The van der Waals surface area contributed by atoms with Crippen LogP contribution in [0.5, 0.6) is 5.75 Å². The van der Waals surface area contributed by atoms with Crippen LogP contribution in [0.1, 0.15) is 24.5 Å². The zero-order chi connectivity index (χ0) is 17.8. The summed E-state index contributed by atoms with van der Waals surface area (Å²) in [5.41, 5.74) is 1.64. The highest BCUT2D eigenvalue weighted by Gasteiger charge is 2.38. The normalized spacial score (nSPS) is 14.4. The highest BCUT2D eigenvalue weighted by Crippen LogP contribution is 2.33. The van der Waals surface area contributed by atoms with E-state index in [4.69, 9.17) is 16.3 Å². The van der Waals surface area contributed by atoms with Crippen molar-refractivity contribution in [3.63, 3.8) is 0 Å². The summed E-state index contributed by atoms with van der Waals surface area (Å²) < 4.78 is 5.53. The van der Waals surface area contributed by atoms with Crippen molar-refractivity contribution in [3.05, 3.63) is 65.0 Å². The van der Waals surface area contributed by atoms with Gasteiger partial charge in [-0.15, -0.1) is 0 Å². The van der Waals surface area contributed by atoms with Gasteiger partial charge in [0.2, 0.25) is 0 Å². The lowest BCUT2D eigenvalue weighted by molar-refractivity contribution is -0.137. The summed E-state index contributed by atoms with van der Waals surface area (Å²) in [6.45, 7) is 2.82. The molecule has 0 aliphatic carbocycles. The first-order valence-corrected chi connectivity index (χ1v) is 8.37. The molecule has 1 aliphatic heterocycles. The van der Waals surface area contributed by atoms with Crippen LogP contribution >= 0.6 is 11.6 Å². The van der Waals surface area contributed by atoms with Crippen LogP contribution in [-0.4, -0.2) is 28.3 Å². The molecule has 0 spiro atoms. The summed E-state index contributed by atoms with van der Waals surface area (Å²) in [6.07, 6.45) is 4.15. The molecule has 0 atom stereocenters. The van der Waals surface area contributed by atoms with Gasteiger partial charge in [0.25, 0.3) is 11.8 Å². The van der Waals surface area contributed by atoms with Crippen molar-refractivity contribution in [3.8, 4) is 5.75 Å². The SMILES string of the molecule is CCCOc1ccc(C2=C(Cl)C(=O)N(Cc3ccncc3)C2=O)cc1. The average Bonchev–Trinajstić information content (AvgIpc) is 2.85. The highest BCUT2D eigenvalue weighted by atomic mass is 35.5. The van der Waals surface area contributed by atoms with Gasteiger partial charge in [0.15, 0.2) is 0 Å². The summed E-state index contributed by atoms with van der Waals surface area (Å²) in [5, 5.41) is -0.0544. The molecule has 2 heterocycles. The van der Waals surface area contributed by atoms with Crippen LogP contribution < -0.4 is 4.74 Å². The van der Waals surface area contributed by atoms with Crippen LogP contribution in [0.25, 0.3) is 5.57 Å². The van der Waals surface area contributed by atoms with E-state index in [9.17, 15) is 9.59 Å².